The zero-order valence-electron chi connectivity index (χ0n) is 9.21. The van der Waals surface area contributed by atoms with Crippen molar-refractivity contribution in [1.82, 2.24) is 20.1 Å². The lowest BCUT2D eigenvalue weighted by atomic mass is 10.2. The Morgan fingerprint density at radius 1 is 1.35 bits per heavy atom. The van der Waals surface area contributed by atoms with Crippen molar-refractivity contribution in [2.75, 3.05) is 6.54 Å². The molecule has 0 spiro atoms. The van der Waals surface area contributed by atoms with E-state index in [9.17, 15) is 4.39 Å². The largest absolute Gasteiger partial charge is 0.311 e. The molecular formula is C11H14ClFN4. The van der Waals surface area contributed by atoms with Crippen molar-refractivity contribution in [3.63, 3.8) is 0 Å². The molecule has 1 N–H and O–H groups in total. The smallest absolute Gasteiger partial charge is 0.137 e. The molecule has 0 amide bonds. The van der Waals surface area contributed by atoms with Crippen molar-refractivity contribution >= 4 is 12.4 Å². The second-order valence-corrected chi connectivity index (χ2v) is 3.47. The van der Waals surface area contributed by atoms with Gasteiger partial charge in [0.05, 0.1) is 6.54 Å². The fourth-order valence-electron chi connectivity index (χ4n) is 1.42. The van der Waals surface area contributed by atoms with Crippen LogP contribution in [0.5, 0.6) is 0 Å². The van der Waals surface area contributed by atoms with Crippen LogP contribution in [-0.2, 0) is 13.1 Å². The molecule has 2 rings (SSSR count). The van der Waals surface area contributed by atoms with Crippen LogP contribution in [0, 0.1) is 5.82 Å². The van der Waals surface area contributed by atoms with Crippen LogP contribution in [0.15, 0.2) is 36.9 Å². The zero-order chi connectivity index (χ0) is 11.2. The molecule has 1 aromatic carbocycles. The molecule has 1 aromatic heterocycles. The molecule has 0 aliphatic rings. The Kier molecular flexibility index (Phi) is 5.59. The number of benzene rings is 1. The van der Waals surface area contributed by atoms with Gasteiger partial charge in [-0.05, 0) is 17.7 Å². The molecule has 1 heterocycles. The summed E-state index contributed by atoms with van der Waals surface area (Å²) in [5.41, 5.74) is 0.943. The first-order chi connectivity index (χ1) is 7.84. The summed E-state index contributed by atoms with van der Waals surface area (Å²) in [6.07, 6.45) is 3.18. The number of nitrogens with zero attached hydrogens (tertiary/aromatic N) is 3. The van der Waals surface area contributed by atoms with Crippen LogP contribution in [-0.4, -0.2) is 21.3 Å². The van der Waals surface area contributed by atoms with Crippen LogP contribution in [0.2, 0.25) is 0 Å². The van der Waals surface area contributed by atoms with Gasteiger partial charge in [0, 0.05) is 13.1 Å². The molecule has 0 unspecified atom stereocenters. The van der Waals surface area contributed by atoms with E-state index in [2.05, 4.69) is 15.4 Å². The normalized spacial score (nSPS) is 9.94. The van der Waals surface area contributed by atoms with E-state index in [0.717, 1.165) is 18.7 Å². The van der Waals surface area contributed by atoms with E-state index in [1.165, 1.54) is 18.5 Å². The number of rotatable bonds is 5. The highest BCUT2D eigenvalue weighted by atomic mass is 35.5. The van der Waals surface area contributed by atoms with Gasteiger partial charge in [0.2, 0.25) is 0 Å². The maximum absolute atomic E-state index is 12.8. The van der Waals surface area contributed by atoms with Gasteiger partial charge in [0.15, 0.2) is 0 Å². The number of nitrogens with one attached hydrogen (secondary N) is 1. The van der Waals surface area contributed by atoms with Gasteiger partial charge in [-0.1, -0.05) is 12.1 Å². The summed E-state index contributed by atoms with van der Waals surface area (Å²) >= 11 is 0. The van der Waals surface area contributed by atoms with Crippen LogP contribution in [0.25, 0.3) is 0 Å². The van der Waals surface area contributed by atoms with Gasteiger partial charge in [-0.2, -0.15) is 5.10 Å². The number of hydrogen-bond donors (Lipinski definition) is 1. The monoisotopic (exact) mass is 256 g/mol. The second-order valence-electron chi connectivity index (χ2n) is 3.47. The van der Waals surface area contributed by atoms with Crippen LogP contribution < -0.4 is 5.32 Å². The predicted octanol–water partition coefficient (Wildman–Crippen LogP) is 1.63. The highest BCUT2D eigenvalue weighted by Crippen LogP contribution is 2.02. The summed E-state index contributed by atoms with van der Waals surface area (Å²) in [7, 11) is 0. The highest BCUT2D eigenvalue weighted by molar-refractivity contribution is 5.85. The van der Waals surface area contributed by atoms with E-state index in [-0.39, 0.29) is 18.2 Å². The van der Waals surface area contributed by atoms with E-state index in [4.69, 9.17) is 0 Å². The first-order valence-electron chi connectivity index (χ1n) is 5.12. The molecule has 17 heavy (non-hydrogen) atoms. The first kappa shape index (κ1) is 13.6. The maximum atomic E-state index is 12.8. The fraction of sp³-hybridized carbons (Fsp3) is 0.273. The molecule has 0 aliphatic heterocycles. The standard InChI is InChI=1S/C11H13FN4.ClH/c12-11-3-1-2-10(6-11)7-13-4-5-16-9-14-8-15-16;/h1-3,6,8-9,13H,4-5,7H2;1H. The molecule has 4 nitrogen and oxygen atoms in total. The van der Waals surface area contributed by atoms with E-state index in [1.54, 1.807) is 17.1 Å². The van der Waals surface area contributed by atoms with E-state index in [0.29, 0.717) is 6.54 Å². The first-order valence-corrected chi connectivity index (χ1v) is 5.12. The van der Waals surface area contributed by atoms with Crippen molar-refractivity contribution in [1.29, 1.82) is 0 Å². The third-order valence-corrected chi connectivity index (χ3v) is 2.20. The van der Waals surface area contributed by atoms with Crippen molar-refractivity contribution in [2.45, 2.75) is 13.1 Å². The molecule has 6 heteroatoms. The van der Waals surface area contributed by atoms with Crippen molar-refractivity contribution in [2.24, 2.45) is 0 Å². The SMILES string of the molecule is Cl.Fc1cccc(CNCCn2cncn2)c1. The Hall–Kier alpha value is -1.46. The van der Waals surface area contributed by atoms with Gasteiger partial charge >= 0.3 is 0 Å². The topological polar surface area (TPSA) is 42.7 Å². The molecule has 0 fully saturated rings. The summed E-state index contributed by atoms with van der Waals surface area (Å²) in [5, 5.41) is 7.19. The summed E-state index contributed by atoms with van der Waals surface area (Å²) in [6, 6.07) is 6.58. The van der Waals surface area contributed by atoms with Crippen LogP contribution in [0.4, 0.5) is 4.39 Å². The van der Waals surface area contributed by atoms with Gasteiger partial charge in [-0.25, -0.2) is 9.37 Å². The molecule has 0 bridgehead atoms. The average molecular weight is 257 g/mol. The Balaban J connectivity index is 0.00000144. The van der Waals surface area contributed by atoms with E-state index >= 15 is 0 Å². The zero-order valence-corrected chi connectivity index (χ0v) is 10.0. The Morgan fingerprint density at radius 3 is 2.94 bits per heavy atom. The van der Waals surface area contributed by atoms with Gasteiger partial charge in [-0.15, -0.1) is 12.4 Å². The molecule has 0 radical (unpaired) electrons. The average Bonchev–Trinajstić information content (AvgIpc) is 2.77. The second kappa shape index (κ2) is 6.98. The lowest BCUT2D eigenvalue weighted by Gasteiger charge is -2.04. The molecular weight excluding hydrogens is 243 g/mol. The van der Waals surface area contributed by atoms with Gasteiger partial charge < -0.3 is 5.32 Å². The summed E-state index contributed by atoms with van der Waals surface area (Å²) in [4.78, 5) is 3.85. The Morgan fingerprint density at radius 2 is 2.24 bits per heavy atom. The van der Waals surface area contributed by atoms with Crippen molar-refractivity contribution in [3.8, 4) is 0 Å². The lowest BCUT2D eigenvalue weighted by Crippen LogP contribution is -2.19. The quantitative estimate of drug-likeness (QED) is 0.827. The fourth-order valence-corrected chi connectivity index (χ4v) is 1.42. The molecule has 92 valence electrons. The van der Waals surface area contributed by atoms with Crippen molar-refractivity contribution in [3.05, 3.63) is 48.3 Å². The maximum Gasteiger partial charge on any atom is 0.137 e. The van der Waals surface area contributed by atoms with Gasteiger partial charge in [-0.3, -0.25) is 4.68 Å². The number of halogens is 2. The van der Waals surface area contributed by atoms with Crippen LogP contribution >= 0.6 is 12.4 Å². The minimum atomic E-state index is -0.199. The summed E-state index contributed by atoms with van der Waals surface area (Å²) in [5.74, 6) is -0.199. The van der Waals surface area contributed by atoms with Gasteiger partial charge in [0.25, 0.3) is 0 Å². The molecule has 0 aliphatic carbocycles. The minimum absolute atomic E-state index is 0. The van der Waals surface area contributed by atoms with Crippen LogP contribution in [0.1, 0.15) is 5.56 Å². The van der Waals surface area contributed by atoms with Gasteiger partial charge in [0.1, 0.15) is 18.5 Å². The molecule has 0 atom stereocenters. The predicted molar refractivity (Wildman–Crippen MR) is 65.4 cm³/mol. The van der Waals surface area contributed by atoms with Crippen molar-refractivity contribution < 1.29 is 4.39 Å². The third kappa shape index (κ3) is 4.50. The summed E-state index contributed by atoms with van der Waals surface area (Å²) < 4.78 is 14.6. The molecule has 0 saturated carbocycles. The lowest BCUT2D eigenvalue weighted by molar-refractivity contribution is 0.552. The minimum Gasteiger partial charge on any atom is -0.311 e. The Bertz CT molecular complexity index is 433. The Labute approximate surface area is 105 Å². The number of hydrogen-bond acceptors (Lipinski definition) is 3. The molecule has 0 saturated heterocycles. The summed E-state index contributed by atoms with van der Waals surface area (Å²) in [6.45, 7) is 2.20. The van der Waals surface area contributed by atoms with E-state index < -0.39 is 0 Å². The number of aromatic nitrogens is 3. The van der Waals surface area contributed by atoms with Crippen LogP contribution in [0.3, 0.4) is 0 Å². The third-order valence-electron chi connectivity index (χ3n) is 2.20. The molecule has 2 aromatic rings. The van der Waals surface area contributed by atoms with E-state index in [1.807, 2.05) is 6.07 Å². The highest BCUT2D eigenvalue weighted by Gasteiger charge is 1.95.